The van der Waals surface area contributed by atoms with Crippen LogP contribution >= 0.6 is 15.9 Å². The first-order chi connectivity index (χ1) is 17.0. The normalized spacial score (nSPS) is 22.1. The Labute approximate surface area is 215 Å². The summed E-state index contributed by atoms with van der Waals surface area (Å²) in [6.07, 6.45) is 2.84. The van der Waals surface area contributed by atoms with Gasteiger partial charge in [0, 0.05) is 24.6 Å². The number of hydrogen-bond donors (Lipinski definition) is 2. The number of Topliss-reactive ketones (excluding diaryl/α,β-unsaturated/α-hetero) is 1. The lowest BCUT2D eigenvalue weighted by Crippen LogP contribution is -2.47. The average molecular weight is 560 g/mol. The fraction of sp³-hybridized carbons (Fsp3) is 0.417. The standard InChI is InChI=1S/C24H26BrN5O6/c1-4-7-36-12-14-5-6-19(25)26-21(14)27-22(33)17-9-24(3)10-18(24)30(17)20(32)11-29-16(23(34)35)8-15(28-29)13(2)31/h4-6,8,17-18H,1,7,9-12H2,2-3H3,(H,34,35)(H,26,27,33)/t17-,18+,24-/m0/s1. The highest BCUT2D eigenvalue weighted by molar-refractivity contribution is 9.10. The lowest BCUT2D eigenvalue weighted by atomic mass is 10.0. The number of ether oxygens (including phenoxy) is 1. The topological polar surface area (TPSA) is 144 Å². The maximum atomic E-state index is 13.4. The molecule has 2 aromatic rings. The van der Waals surface area contributed by atoms with Crippen molar-refractivity contribution in [3.8, 4) is 0 Å². The van der Waals surface area contributed by atoms with Crippen LogP contribution in [0.3, 0.4) is 0 Å². The Morgan fingerprint density at radius 3 is 2.75 bits per heavy atom. The number of anilines is 1. The van der Waals surface area contributed by atoms with E-state index >= 15 is 0 Å². The second kappa shape index (κ2) is 9.94. The second-order valence-corrected chi connectivity index (χ2v) is 10.1. The number of nitrogens with one attached hydrogen (secondary N) is 1. The van der Waals surface area contributed by atoms with Crippen LogP contribution in [-0.4, -0.2) is 67.0 Å². The quantitative estimate of drug-likeness (QED) is 0.195. The van der Waals surface area contributed by atoms with Crippen LogP contribution < -0.4 is 5.32 Å². The lowest BCUT2D eigenvalue weighted by Gasteiger charge is -2.27. The molecule has 3 heterocycles. The number of pyridine rings is 1. The molecule has 1 aliphatic heterocycles. The molecule has 3 atom stereocenters. The third kappa shape index (κ3) is 5.09. The van der Waals surface area contributed by atoms with E-state index in [1.54, 1.807) is 18.2 Å². The Balaban J connectivity index is 1.55. The van der Waals surface area contributed by atoms with Gasteiger partial charge < -0.3 is 20.1 Å². The van der Waals surface area contributed by atoms with Crippen LogP contribution in [0, 0.1) is 5.41 Å². The van der Waals surface area contributed by atoms with Gasteiger partial charge in [0.25, 0.3) is 0 Å². The van der Waals surface area contributed by atoms with Gasteiger partial charge >= 0.3 is 5.97 Å². The molecule has 2 N–H and O–H groups in total. The zero-order chi connectivity index (χ0) is 26.2. The molecule has 190 valence electrons. The second-order valence-electron chi connectivity index (χ2n) is 9.26. The van der Waals surface area contributed by atoms with Crippen LogP contribution in [0.1, 0.15) is 53.2 Å². The summed E-state index contributed by atoms with van der Waals surface area (Å²) < 4.78 is 7.03. The van der Waals surface area contributed by atoms with Gasteiger partial charge in [-0.05, 0) is 40.3 Å². The molecule has 0 unspecified atom stereocenters. The number of ketones is 1. The molecule has 0 spiro atoms. The number of hydrogen-bond acceptors (Lipinski definition) is 7. The molecule has 2 aromatic heterocycles. The van der Waals surface area contributed by atoms with E-state index < -0.39 is 36.2 Å². The predicted octanol–water partition coefficient (Wildman–Crippen LogP) is 2.66. The van der Waals surface area contributed by atoms with Crippen molar-refractivity contribution in [2.75, 3.05) is 11.9 Å². The highest BCUT2D eigenvalue weighted by Crippen LogP contribution is 2.59. The number of carbonyl (C=O) groups excluding carboxylic acids is 3. The van der Waals surface area contributed by atoms with E-state index in [0.717, 1.165) is 17.2 Å². The molecule has 0 radical (unpaired) electrons. The summed E-state index contributed by atoms with van der Waals surface area (Å²) >= 11 is 3.31. The zero-order valence-electron chi connectivity index (χ0n) is 19.9. The van der Waals surface area contributed by atoms with Gasteiger partial charge in [-0.25, -0.2) is 14.5 Å². The lowest BCUT2D eigenvalue weighted by molar-refractivity contribution is -0.138. The van der Waals surface area contributed by atoms with Crippen molar-refractivity contribution in [2.24, 2.45) is 5.41 Å². The number of nitrogens with zero attached hydrogens (tertiary/aromatic N) is 4. The first-order valence-corrected chi connectivity index (χ1v) is 12.1. The summed E-state index contributed by atoms with van der Waals surface area (Å²) in [5.41, 5.74) is 0.164. The van der Waals surface area contributed by atoms with Gasteiger partial charge in [-0.1, -0.05) is 19.1 Å². The Bertz CT molecular complexity index is 1260. The highest BCUT2D eigenvalue weighted by Gasteiger charge is 2.64. The molecule has 36 heavy (non-hydrogen) atoms. The van der Waals surface area contributed by atoms with E-state index in [-0.39, 0.29) is 29.5 Å². The number of aromatic carboxylic acids is 1. The van der Waals surface area contributed by atoms with Crippen LogP contribution in [0.15, 0.2) is 35.5 Å². The van der Waals surface area contributed by atoms with Crippen molar-refractivity contribution in [1.29, 1.82) is 0 Å². The molecule has 2 aliphatic rings. The average Bonchev–Trinajstić information content (AvgIpc) is 3.14. The van der Waals surface area contributed by atoms with Crippen LogP contribution in [0.25, 0.3) is 0 Å². The molecule has 1 aliphatic carbocycles. The summed E-state index contributed by atoms with van der Waals surface area (Å²) in [5.74, 6) is -2.23. The number of rotatable bonds is 10. The number of carboxylic acid groups (broad SMARTS) is 1. The number of halogens is 1. The minimum atomic E-state index is -1.30. The minimum Gasteiger partial charge on any atom is -0.477 e. The number of carboxylic acids is 1. The monoisotopic (exact) mass is 559 g/mol. The Hall–Kier alpha value is -3.38. The summed E-state index contributed by atoms with van der Waals surface area (Å²) in [6.45, 7) is 7.05. The number of amides is 2. The Morgan fingerprint density at radius 2 is 2.08 bits per heavy atom. The number of aromatic nitrogens is 3. The summed E-state index contributed by atoms with van der Waals surface area (Å²) in [4.78, 5) is 55.9. The minimum absolute atomic E-state index is 0.0425. The third-order valence-corrected chi connectivity index (χ3v) is 6.99. The van der Waals surface area contributed by atoms with Crippen LogP contribution in [0.4, 0.5) is 5.82 Å². The van der Waals surface area contributed by atoms with Gasteiger partial charge in [0.2, 0.25) is 11.8 Å². The molecule has 0 aromatic carbocycles. The third-order valence-electron chi connectivity index (χ3n) is 6.55. The Morgan fingerprint density at radius 1 is 1.33 bits per heavy atom. The predicted molar refractivity (Wildman–Crippen MR) is 131 cm³/mol. The van der Waals surface area contributed by atoms with Gasteiger partial charge in [0.1, 0.15) is 34.4 Å². The van der Waals surface area contributed by atoms with Gasteiger partial charge in [-0.3, -0.25) is 14.4 Å². The maximum Gasteiger partial charge on any atom is 0.354 e. The molecule has 2 fully saturated rings. The highest BCUT2D eigenvalue weighted by atomic mass is 79.9. The van der Waals surface area contributed by atoms with E-state index in [2.05, 4.69) is 37.9 Å². The molecule has 12 heteroatoms. The maximum absolute atomic E-state index is 13.4. The van der Waals surface area contributed by atoms with Crippen molar-refractivity contribution in [1.82, 2.24) is 19.7 Å². The van der Waals surface area contributed by atoms with Gasteiger partial charge in [0.05, 0.1) is 13.2 Å². The molecule has 0 bridgehead atoms. The number of fused-ring (bicyclic) bond motifs is 1. The van der Waals surface area contributed by atoms with Crippen molar-refractivity contribution in [3.63, 3.8) is 0 Å². The summed E-state index contributed by atoms with van der Waals surface area (Å²) in [7, 11) is 0. The zero-order valence-corrected chi connectivity index (χ0v) is 21.4. The first kappa shape index (κ1) is 25.7. The van der Waals surface area contributed by atoms with Crippen molar-refractivity contribution >= 4 is 45.3 Å². The smallest absolute Gasteiger partial charge is 0.354 e. The molecule has 11 nitrogen and oxygen atoms in total. The van der Waals surface area contributed by atoms with Crippen LogP contribution in [0.5, 0.6) is 0 Å². The Kier molecular flexibility index (Phi) is 7.10. The first-order valence-electron chi connectivity index (χ1n) is 11.3. The van der Waals surface area contributed by atoms with E-state index in [0.29, 0.717) is 29.0 Å². The van der Waals surface area contributed by atoms with Crippen molar-refractivity contribution in [2.45, 2.75) is 51.9 Å². The van der Waals surface area contributed by atoms with Crippen molar-refractivity contribution in [3.05, 3.63) is 52.4 Å². The molecule has 1 saturated carbocycles. The summed E-state index contributed by atoms with van der Waals surface area (Å²) in [6, 6.07) is 3.76. The number of likely N-dealkylation sites (tertiary alicyclic amines) is 1. The molecule has 4 rings (SSSR count). The van der Waals surface area contributed by atoms with E-state index in [1.165, 1.54) is 11.8 Å². The molecular formula is C24H26BrN5O6. The fourth-order valence-corrected chi connectivity index (χ4v) is 4.90. The van der Waals surface area contributed by atoms with Crippen molar-refractivity contribution < 1.29 is 29.0 Å². The van der Waals surface area contributed by atoms with E-state index in [4.69, 9.17) is 4.74 Å². The van der Waals surface area contributed by atoms with Crippen LogP contribution in [0.2, 0.25) is 0 Å². The van der Waals surface area contributed by atoms with Crippen LogP contribution in [-0.2, 0) is 27.5 Å². The molecule has 2 amide bonds. The van der Waals surface area contributed by atoms with E-state index in [1.807, 2.05) is 6.92 Å². The number of carbonyl (C=O) groups is 4. The molecular weight excluding hydrogens is 534 g/mol. The van der Waals surface area contributed by atoms with E-state index in [9.17, 15) is 24.3 Å². The van der Waals surface area contributed by atoms with Gasteiger partial charge in [0.15, 0.2) is 5.78 Å². The SMILES string of the molecule is C=CCOCc1ccc(Br)nc1NC(=O)[C@@H]1C[C@@]2(C)C[C@H]2N1C(=O)Cn1nc(C(C)=O)cc1C(=O)O. The number of piperidine rings is 1. The molecule has 1 saturated heterocycles. The summed E-state index contributed by atoms with van der Waals surface area (Å²) in [5, 5.41) is 16.3. The van der Waals surface area contributed by atoms with Gasteiger partial charge in [-0.2, -0.15) is 5.10 Å². The largest absolute Gasteiger partial charge is 0.477 e. The van der Waals surface area contributed by atoms with Gasteiger partial charge in [-0.15, -0.1) is 6.58 Å². The fourth-order valence-electron chi connectivity index (χ4n) is 4.59.